The normalized spacial score (nSPS) is 12.4. The van der Waals surface area contributed by atoms with Gasteiger partial charge in [0.15, 0.2) is 6.10 Å². The number of hydrogen-bond donors (Lipinski definition) is 1. The number of benzene rings is 1. The molecule has 0 bridgehead atoms. The van der Waals surface area contributed by atoms with Crippen LogP contribution in [0.4, 0.5) is 0 Å². The Bertz CT molecular complexity index is 404. The van der Waals surface area contributed by atoms with Crippen molar-refractivity contribution in [2.24, 2.45) is 0 Å². The van der Waals surface area contributed by atoms with Gasteiger partial charge in [-0.25, -0.2) is 4.79 Å². The van der Waals surface area contributed by atoms with Gasteiger partial charge in [-0.05, 0) is 36.6 Å². The summed E-state index contributed by atoms with van der Waals surface area (Å²) < 4.78 is 5.40. The zero-order valence-corrected chi connectivity index (χ0v) is 11.5. The molecule has 0 amide bonds. The monoisotopic (exact) mass is 270 g/mol. The predicted octanol–water partition coefficient (Wildman–Crippen LogP) is 3.46. The van der Waals surface area contributed by atoms with E-state index in [0.29, 0.717) is 18.1 Å². The van der Waals surface area contributed by atoms with E-state index in [1.54, 1.807) is 12.1 Å². The molecule has 0 saturated carbocycles. The van der Waals surface area contributed by atoms with Crippen LogP contribution in [-0.2, 0) is 16.0 Å². The second-order valence-corrected chi connectivity index (χ2v) is 4.76. The Balaban J connectivity index is 2.70. The van der Waals surface area contributed by atoms with Gasteiger partial charge in [0.05, 0.1) is 0 Å². The first kappa shape index (κ1) is 15.0. The lowest BCUT2D eigenvalue weighted by Gasteiger charge is -2.15. The van der Waals surface area contributed by atoms with Crippen molar-refractivity contribution >= 4 is 17.6 Å². The van der Waals surface area contributed by atoms with Crippen LogP contribution in [0, 0.1) is 6.92 Å². The number of aliphatic carboxylic acids is 1. The first-order valence-electron chi connectivity index (χ1n) is 6.14. The van der Waals surface area contributed by atoms with Gasteiger partial charge in [0, 0.05) is 18.1 Å². The summed E-state index contributed by atoms with van der Waals surface area (Å²) in [5, 5.41) is 9.75. The number of rotatable bonds is 7. The fourth-order valence-corrected chi connectivity index (χ4v) is 1.84. The third kappa shape index (κ3) is 4.67. The summed E-state index contributed by atoms with van der Waals surface area (Å²) in [5.74, 6) is -0.925. The Morgan fingerprint density at radius 3 is 2.83 bits per heavy atom. The van der Waals surface area contributed by atoms with Gasteiger partial charge in [-0.2, -0.15) is 0 Å². The maximum atomic E-state index is 11.1. The highest BCUT2D eigenvalue weighted by atomic mass is 35.5. The van der Waals surface area contributed by atoms with E-state index in [-0.39, 0.29) is 0 Å². The molecule has 0 radical (unpaired) electrons. The molecule has 1 aromatic carbocycles. The SMILES string of the molecule is CCCCOC(Cc1cc(Cl)ccc1C)C(=O)O. The summed E-state index contributed by atoms with van der Waals surface area (Å²) in [6, 6.07) is 5.49. The van der Waals surface area contributed by atoms with E-state index in [9.17, 15) is 4.79 Å². The molecule has 4 heteroatoms. The zero-order valence-electron chi connectivity index (χ0n) is 10.8. The van der Waals surface area contributed by atoms with E-state index in [0.717, 1.165) is 24.0 Å². The molecule has 0 aliphatic heterocycles. The topological polar surface area (TPSA) is 46.5 Å². The Labute approximate surface area is 113 Å². The van der Waals surface area contributed by atoms with Crippen molar-refractivity contribution in [1.29, 1.82) is 0 Å². The van der Waals surface area contributed by atoms with E-state index < -0.39 is 12.1 Å². The molecule has 0 fully saturated rings. The number of carboxylic acid groups (broad SMARTS) is 1. The number of unbranched alkanes of at least 4 members (excludes halogenated alkanes) is 1. The van der Waals surface area contributed by atoms with Crippen LogP contribution in [0.1, 0.15) is 30.9 Å². The average molecular weight is 271 g/mol. The summed E-state index contributed by atoms with van der Waals surface area (Å²) >= 11 is 5.92. The predicted molar refractivity (Wildman–Crippen MR) is 72.2 cm³/mol. The van der Waals surface area contributed by atoms with Crippen LogP contribution in [0.2, 0.25) is 5.02 Å². The molecule has 1 unspecified atom stereocenters. The molecule has 1 atom stereocenters. The van der Waals surface area contributed by atoms with E-state index in [1.165, 1.54) is 0 Å². The highest BCUT2D eigenvalue weighted by Crippen LogP contribution is 2.18. The van der Waals surface area contributed by atoms with Gasteiger partial charge in [-0.3, -0.25) is 0 Å². The van der Waals surface area contributed by atoms with Gasteiger partial charge >= 0.3 is 5.97 Å². The van der Waals surface area contributed by atoms with Crippen molar-refractivity contribution in [2.45, 2.75) is 39.2 Å². The molecular formula is C14H19ClO3. The van der Waals surface area contributed by atoms with Crippen LogP contribution in [0.5, 0.6) is 0 Å². The number of hydrogen-bond acceptors (Lipinski definition) is 2. The van der Waals surface area contributed by atoms with Crippen molar-refractivity contribution in [3.05, 3.63) is 34.3 Å². The summed E-state index contributed by atoms with van der Waals surface area (Å²) in [7, 11) is 0. The molecule has 0 aliphatic carbocycles. The molecule has 0 saturated heterocycles. The Kier molecular flexibility index (Phi) is 6.16. The average Bonchev–Trinajstić information content (AvgIpc) is 2.32. The van der Waals surface area contributed by atoms with Crippen LogP contribution >= 0.6 is 11.6 Å². The molecule has 0 spiro atoms. The largest absolute Gasteiger partial charge is 0.479 e. The first-order valence-corrected chi connectivity index (χ1v) is 6.51. The quantitative estimate of drug-likeness (QED) is 0.772. The smallest absolute Gasteiger partial charge is 0.333 e. The summed E-state index contributed by atoms with van der Waals surface area (Å²) in [6.45, 7) is 4.46. The lowest BCUT2D eigenvalue weighted by molar-refractivity contribution is -0.150. The Hall–Kier alpha value is -1.06. The fourth-order valence-electron chi connectivity index (χ4n) is 1.65. The van der Waals surface area contributed by atoms with E-state index in [4.69, 9.17) is 21.4 Å². The Morgan fingerprint density at radius 2 is 2.22 bits per heavy atom. The lowest BCUT2D eigenvalue weighted by Crippen LogP contribution is -2.27. The third-order valence-electron chi connectivity index (χ3n) is 2.81. The molecule has 3 nitrogen and oxygen atoms in total. The standard InChI is InChI=1S/C14H19ClO3/c1-3-4-7-18-13(14(16)17)9-11-8-12(15)6-5-10(11)2/h5-6,8,13H,3-4,7,9H2,1-2H3,(H,16,17). The highest BCUT2D eigenvalue weighted by molar-refractivity contribution is 6.30. The van der Waals surface area contributed by atoms with Gasteiger partial charge in [0.2, 0.25) is 0 Å². The van der Waals surface area contributed by atoms with Gasteiger partial charge < -0.3 is 9.84 Å². The van der Waals surface area contributed by atoms with Crippen LogP contribution < -0.4 is 0 Å². The molecule has 1 aromatic rings. The van der Waals surface area contributed by atoms with Crippen molar-refractivity contribution < 1.29 is 14.6 Å². The molecule has 100 valence electrons. The highest BCUT2D eigenvalue weighted by Gasteiger charge is 2.19. The summed E-state index contributed by atoms with van der Waals surface area (Å²) in [6.07, 6.45) is 1.42. The van der Waals surface area contributed by atoms with Gasteiger partial charge in [0.25, 0.3) is 0 Å². The van der Waals surface area contributed by atoms with E-state index >= 15 is 0 Å². The van der Waals surface area contributed by atoms with Crippen molar-refractivity contribution in [3.63, 3.8) is 0 Å². The minimum Gasteiger partial charge on any atom is -0.479 e. The number of aryl methyl sites for hydroxylation is 1. The number of carboxylic acids is 1. The Morgan fingerprint density at radius 1 is 1.50 bits per heavy atom. The van der Waals surface area contributed by atoms with Gasteiger partial charge in [-0.1, -0.05) is 31.0 Å². The van der Waals surface area contributed by atoms with Crippen molar-refractivity contribution in [3.8, 4) is 0 Å². The second kappa shape index (κ2) is 7.39. The van der Waals surface area contributed by atoms with Crippen molar-refractivity contribution in [2.75, 3.05) is 6.61 Å². The van der Waals surface area contributed by atoms with Gasteiger partial charge in [-0.15, -0.1) is 0 Å². The molecular weight excluding hydrogens is 252 g/mol. The van der Waals surface area contributed by atoms with Gasteiger partial charge in [0.1, 0.15) is 0 Å². The van der Waals surface area contributed by atoms with Crippen molar-refractivity contribution in [1.82, 2.24) is 0 Å². The minimum atomic E-state index is -0.925. The number of carbonyl (C=O) groups is 1. The van der Waals surface area contributed by atoms with E-state index in [2.05, 4.69) is 0 Å². The van der Waals surface area contributed by atoms with Crippen LogP contribution in [0.3, 0.4) is 0 Å². The summed E-state index contributed by atoms with van der Waals surface area (Å²) in [5.41, 5.74) is 1.95. The molecule has 0 aliphatic rings. The minimum absolute atomic E-state index is 0.353. The van der Waals surface area contributed by atoms with E-state index in [1.807, 2.05) is 19.9 Å². The number of halogens is 1. The fraction of sp³-hybridized carbons (Fsp3) is 0.500. The zero-order chi connectivity index (χ0) is 13.5. The number of ether oxygens (including phenoxy) is 1. The summed E-state index contributed by atoms with van der Waals surface area (Å²) in [4.78, 5) is 11.1. The molecule has 1 rings (SSSR count). The lowest BCUT2D eigenvalue weighted by atomic mass is 10.0. The molecule has 18 heavy (non-hydrogen) atoms. The maximum Gasteiger partial charge on any atom is 0.333 e. The van der Waals surface area contributed by atoms with Crippen LogP contribution in [0.25, 0.3) is 0 Å². The molecule has 1 N–H and O–H groups in total. The molecule has 0 heterocycles. The van der Waals surface area contributed by atoms with Crippen LogP contribution in [0.15, 0.2) is 18.2 Å². The maximum absolute atomic E-state index is 11.1. The second-order valence-electron chi connectivity index (χ2n) is 4.33. The first-order chi connectivity index (χ1) is 8.54. The van der Waals surface area contributed by atoms with Crippen LogP contribution in [-0.4, -0.2) is 23.8 Å². The third-order valence-corrected chi connectivity index (χ3v) is 3.04. The molecule has 0 aromatic heterocycles.